The van der Waals surface area contributed by atoms with Gasteiger partial charge in [0.1, 0.15) is 0 Å². The number of nitrogens with zero attached hydrogens (tertiary/aromatic N) is 1. The second-order valence-corrected chi connectivity index (χ2v) is 18.8. The fourth-order valence-corrected chi connectivity index (χ4v) is 7.95. The van der Waals surface area contributed by atoms with Crippen molar-refractivity contribution in [1.29, 1.82) is 0 Å². The molecule has 16 heteroatoms. The molecule has 0 heterocycles. The molecule has 0 aromatic carbocycles. The SMILES string of the molecule is CCCCCCCC(=O)OCCCCCOC(=O)CC(CC(=O)OCCCCCOC(=O)CCCCCCC)(OC(=O)CCN(CCO)C1CCC1)C(=O)OCCCCCOC(=O)CCCCCCC. The van der Waals surface area contributed by atoms with Gasteiger partial charge in [0.15, 0.2) is 0 Å². The van der Waals surface area contributed by atoms with Crippen molar-refractivity contribution in [3.8, 4) is 0 Å². The molecule has 1 fully saturated rings. The molecule has 16 nitrogen and oxygen atoms in total. The number of esters is 7. The van der Waals surface area contributed by atoms with Crippen LogP contribution in [0.1, 0.15) is 233 Å². The predicted octanol–water partition coefficient (Wildman–Crippen LogP) is 10.1. The molecule has 0 aromatic heterocycles. The van der Waals surface area contributed by atoms with E-state index >= 15 is 0 Å². The van der Waals surface area contributed by atoms with E-state index in [-0.39, 0.29) is 83.2 Å². The average molecular weight is 998 g/mol. The number of aliphatic hydroxyl groups is 1. The summed E-state index contributed by atoms with van der Waals surface area (Å²) in [6, 6.07) is 0.207. The number of carbonyl (C=O) groups is 7. The van der Waals surface area contributed by atoms with Crippen LogP contribution in [0.2, 0.25) is 0 Å². The summed E-state index contributed by atoms with van der Waals surface area (Å²) >= 11 is 0. The minimum atomic E-state index is -2.40. The molecule has 70 heavy (non-hydrogen) atoms. The summed E-state index contributed by atoms with van der Waals surface area (Å²) in [5.41, 5.74) is -2.40. The molecule has 0 aliphatic heterocycles. The molecule has 0 amide bonds. The number of carbonyl (C=O) groups excluding carboxylic acids is 7. The summed E-state index contributed by atoms with van der Waals surface area (Å²) in [4.78, 5) is 93.1. The van der Waals surface area contributed by atoms with E-state index in [1.54, 1.807) is 0 Å². The maximum Gasteiger partial charge on any atom is 0.351 e. The first-order chi connectivity index (χ1) is 34.0. The first-order valence-electron chi connectivity index (χ1n) is 27.5. The number of hydrogen-bond acceptors (Lipinski definition) is 16. The summed E-state index contributed by atoms with van der Waals surface area (Å²) in [5, 5.41) is 9.68. The highest BCUT2D eigenvalue weighted by atomic mass is 16.6. The lowest BCUT2D eigenvalue weighted by Crippen LogP contribution is -2.49. The third-order valence-corrected chi connectivity index (χ3v) is 12.5. The van der Waals surface area contributed by atoms with Crippen LogP contribution in [0.5, 0.6) is 0 Å². The standard InChI is InChI=1S/C54H95NO15/c1-4-7-10-13-19-31-47(57)64-38-22-16-25-41-67-51(61)44-54(70-50(60)34-35-55(36-37-56)46-29-28-30-46,53(63)69-43-27-18-24-40-66-49(59)33-21-15-12-9-6-3)45-52(62)68-42-26-17-23-39-65-48(58)32-20-14-11-8-5-2/h46,56H,4-45H2,1-3H3. The number of unbranched alkanes of at least 4 members (excludes halogenated alkanes) is 18. The molecule has 1 rings (SSSR count). The van der Waals surface area contributed by atoms with Gasteiger partial charge in [0, 0.05) is 38.4 Å². The van der Waals surface area contributed by atoms with Gasteiger partial charge in [-0.25, -0.2) is 4.79 Å². The van der Waals surface area contributed by atoms with Gasteiger partial charge in [-0.3, -0.25) is 33.7 Å². The molecule has 0 aromatic rings. The predicted molar refractivity (Wildman–Crippen MR) is 266 cm³/mol. The van der Waals surface area contributed by atoms with E-state index in [9.17, 15) is 38.7 Å². The van der Waals surface area contributed by atoms with Crippen molar-refractivity contribution in [3.05, 3.63) is 0 Å². The zero-order valence-corrected chi connectivity index (χ0v) is 43.9. The molecule has 1 N–H and O–H groups in total. The van der Waals surface area contributed by atoms with E-state index in [0.29, 0.717) is 83.6 Å². The van der Waals surface area contributed by atoms with Gasteiger partial charge in [0.05, 0.1) is 65.5 Å². The van der Waals surface area contributed by atoms with Crippen LogP contribution in [0.25, 0.3) is 0 Å². The quantitative estimate of drug-likeness (QED) is 0.0342. The lowest BCUT2D eigenvalue weighted by Gasteiger charge is -2.37. The van der Waals surface area contributed by atoms with Crippen LogP contribution in [-0.4, -0.2) is 123 Å². The van der Waals surface area contributed by atoms with Crippen molar-refractivity contribution in [2.75, 3.05) is 59.3 Å². The highest BCUT2D eigenvalue weighted by molar-refractivity contribution is 5.92. The molecule has 0 saturated heterocycles. The van der Waals surface area contributed by atoms with Gasteiger partial charge in [-0.05, 0) is 89.9 Å². The molecule has 0 unspecified atom stereocenters. The largest absolute Gasteiger partial charge is 0.466 e. The van der Waals surface area contributed by atoms with E-state index in [1.165, 1.54) is 0 Å². The lowest BCUT2D eigenvalue weighted by molar-refractivity contribution is -0.191. The first-order valence-corrected chi connectivity index (χ1v) is 27.5. The van der Waals surface area contributed by atoms with Crippen LogP contribution >= 0.6 is 0 Å². The van der Waals surface area contributed by atoms with Gasteiger partial charge in [-0.2, -0.15) is 0 Å². The van der Waals surface area contributed by atoms with Gasteiger partial charge in [0.2, 0.25) is 5.60 Å². The second kappa shape index (κ2) is 44.0. The number of rotatable bonds is 48. The molecule has 0 radical (unpaired) electrons. The summed E-state index contributed by atoms with van der Waals surface area (Å²) in [5.74, 6) is -4.39. The van der Waals surface area contributed by atoms with Gasteiger partial charge in [-0.1, -0.05) is 104 Å². The Hall–Kier alpha value is -3.79. The maximum atomic E-state index is 14.1. The van der Waals surface area contributed by atoms with E-state index in [0.717, 1.165) is 116 Å². The smallest absolute Gasteiger partial charge is 0.351 e. The highest BCUT2D eigenvalue weighted by Gasteiger charge is 2.49. The third-order valence-electron chi connectivity index (χ3n) is 12.5. The van der Waals surface area contributed by atoms with Crippen LogP contribution in [-0.2, 0) is 66.7 Å². The summed E-state index contributed by atoms with van der Waals surface area (Å²) in [7, 11) is 0. The summed E-state index contributed by atoms with van der Waals surface area (Å²) in [6.45, 7) is 7.46. The van der Waals surface area contributed by atoms with E-state index in [2.05, 4.69) is 20.8 Å². The van der Waals surface area contributed by atoms with Crippen molar-refractivity contribution < 1.29 is 71.8 Å². The lowest BCUT2D eigenvalue weighted by atomic mass is 9.91. The second-order valence-electron chi connectivity index (χ2n) is 18.8. The van der Waals surface area contributed by atoms with Crippen molar-refractivity contribution in [2.45, 2.75) is 244 Å². The maximum absolute atomic E-state index is 14.1. The fourth-order valence-electron chi connectivity index (χ4n) is 7.95. The van der Waals surface area contributed by atoms with Crippen LogP contribution < -0.4 is 0 Å². The average Bonchev–Trinajstić information content (AvgIpc) is 3.31. The molecule has 1 aliphatic rings. The third kappa shape index (κ3) is 34.5. The molecule has 1 aliphatic carbocycles. The van der Waals surface area contributed by atoms with Crippen molar-refractivity contribution >= 4 is 41.8 Å². The Morgan fingerprint density at radius 2 is 0.757 bits per heavy atom. The van der Waals surface area contributed by atoms with Gasteiger partial charge in [-0.15, -0.1) is 0 Å². The Labute approximate surface area is 421 Å². The van der Waals surface area contributed by atoms with Crippen molar-refractivity contribution in [1.82, 2.24) is 4.90 Å². The van der Waals surface area contributed by atoms with Crippen LogP contribution in [0, 0.1) is 0 Å². The van der Waals surface area contributed by atoms with Crippen LogP contribution in [0.15, 0.2) is 0 Å². The molecule has 0 spiro atoms. The first kappa shape index (κ1) is 64.2. The minimum absolute atomic E-state index is 0.0249. The van der Waals surface area contributed by atoms with Crippen LogP contribution in [0.4, 0.5) is 0 Å². The molecule has 0 bridgehead atoms. The fraction of sp³-hybridized carbons (Fsp3) is 0.870. The monoisotopic (exact) mass is 998 g/mol. The number of hydrogen-bond donors (Lipinski definition) is 1. The Kier molecular flexibility index (Phi) is 40.3. The van der Waals surface area contributed by atoms with E-state index < -0.39 is 42.3 Å². The molecule has 1 saturated carbocycles. The molecular weight excluding hydrogens is 903 g/mol. The van der Waals surface area contributed by atoms with Gasteiger partial charge < -0.3 is 38.3 Å². The van der Waals surface area contributed by atoms with E-state index in [4.69, 9.17) is 33.2 Å². The zero-order valence-electron chi connectivity index (χ0n) is 43.9. The molecule has 406 valence electrons. The normalized spacial score (nSPS) is 12.5. The van der Waals surface area contributed by atoms with E-state index in [1.807, 2.05) is 4.90 Å². The number of aliphatic hydroxyl groups excluding tert-OH is 1. The molecule has 0 atom stereocenters. The summed E-state index contributed by atoms with van der Waals surface area (Å²) in [6.07, 6.45) is 22.4. The van der Waals surface area contributed by atoms with Gasteiger partial charge >= 0.3 is 41.8 Å². The Balaban J connectivity index is 2.96. The minimum Gasteiger partial charge on any atom is -0.466 e. The topological polar surface area (TPSA) is 208 Å². The Bertz CT molecular complexity index is 1350. The summed E-state index contributed by atoms with van der Waals surface area (Å²) < 4.78 is 38.6. The Morgan fingerprint density at radius 1 is 0.414 bits per heavy atom. The van der Waals surface area contributed by atoms with Gasteiger partial charge in [0.25, 0.3) is 0 Å². The van der Waals surface area contributed by atoms with Crippen LogP contribution in [0.3, 0.4) is 0 Å². The number of ether oxygens (including phenoxy) is 7. The molecular formula is C54H95NO15. The highest BCUT2D eigenvalue weighted by Crippen LogP contribution is 2.28. The Morgan fingerprint density at radius 3 is 1.10 bits per heavy atom. The zero-order chi connectivity index (χ0) is 51.3. The van der Waals surface area contributed by atoms with Crippen molar-refractivity contribution in [2.24, 2.45) is 0 Å². The van der Waals surface area contributed by atoms with Crippen molar-refractivity contribution in [3.63, 3.8) is 0 Å².